The quantitative estimate of drug-likeness (QED) is 0.175. The van der Waals surface area contributed by atoms with Gasteiger partial charge in [-0.05, 0) is 73.0 Å². The number of aryl methyl sites for hydroxylation is 1. The lowest BCUT2D eigenvalue weighted by molar-refractivity contribution is 0.102. The van der Waals surface area contributed by atoms with Gasteiger partial charge in [0.15, 0.2) is 0 Å². The van der Waals surface area contributed by atoms with Crippen LogP contribution in [0.5, 0.6) is 0 Å². The van der Waals surface area contributed by atoms with E-state index in [1.807, 2.05) is 31.2 Å². The molecule has 0 radical (unpaired) electrons. The highest BCUT2D eigenvalue weighted by Gasteiger charge is 2.28. The molecule has 0 aliphatic carbocycles. The summed E-state index contributed by atoms with van der Waals surface area (Å²) in [6.45, 7) is 4.50. The molecule has 0 atom stereocenters. The van der Waals surface area contributed by atoms with Crippen LogP contribution in [0.4, 0.5) is 10.7 Å². The number of carbonyl (C=O) groups excluding carboxylic acids is 1. The van der Waals surface area contributed by atoms with E-state index in [1.54, 1.807) is 71.2 Å². The third-order valence-corrected chi connectivity index (χ3v) is 11.4. The molecule has 7 nitrogen and oxygen atoms in total. The fourth-order valence-corrected chi connectivity index (χ4v) is 8.98. The topological polar surface area (TPSA) is 91.4 Å². The average Bonchev–Trinajstić information content (AvgIpc) is 3.62. The fourth-order valence-electron chi connectivity index (χ4n) is 5.52. The molecule has 10 heteroatoms. The van der Waals surface area contributed by atoms with Gasteiger partial charge in [0.1, 0.15) is 10.0 Å². The summed E-state index contributed by atoms with van der Waals surface area (Å²) in [6.07, 6.45) is 0.871. The summed E-state index contributed by atoms with van der Waals surface area (Å²) in [6, 6.07) is 31.7. The van der Waals surface area contributed by atoms with Crippen molar-refractivity contribution in [3.63, 3.8) is 0 Å². The highest BCUT2D eigenvalue weighted by atomic mass is 32.2. The number of nitrogens with zero attached hydrogens (tertiary/aromatic N) is 2. The Morgan fingerprint density at radius 3 is 2.38 bits per heavy atom. The zero-order valence-electron chi connectivity index (χ0n) is 24.5. The Bertz CT molecular complexity index is 2070. The van der Waals surface area contributed by atoms with Crippen molar-refractivity contribution in [3.8, 4) is 10.6 Å². The lowest BCUT2D eigenvalue weighted by Gasteiger charge is -2.27. The number of thiazole rings is 1. The number of amides is 1. The highest BCUT2D eigenvalue weighted by molar-refractivity contribution is 7.92. The second kappa shape index (κ2) is 12.2. The van der Waals surface area contributed by atoms with Crippen molar-refractivity contribution < 1.29 is 13.2 Å². The lowest BCUT2D eigenvalue weighted by Crippen LogP contribution is -2.29. The van der Waals surface area contributed by atoms with Crippen LogP contribution in [-0.2, 0) is 29.5 Å². The van der Waals surface area contributed by atoms with Gasteiger partial charge in [-0.3, -0.25) is 14.4 Å². The molecule has 3 heterocycles. The Morgan fingerprint density at radius 2 is 1.62 bits per heavy atom. The van der Waals surface area contributed by atoms with Crippen molar-refractivity contribution >= 4 is 59.5 Å². The molecule has 1 aliphatic heterocycles. The van der Waals surface area contributed by atoms with Crippen LogP contribution < -0.4 is 10.0 Å². The summed E-state index contributed by atoms with van der Waals surface area (Å²) in [5.41, 5.74) is 6.27. The molecule has 6 aromatic rings. The van der Waals surface area contributed by atoms with Crippen molar-refractivity contribution in [2.45, 2.75) is 31.3 Å². The molecule has 0 bridgehead atoms. The highest BCUT2D eigenvalue weighted by Crippen LogP contribution is 2.46. The number of para-hydroxylation sites is 1. The van der Waals surface area contributed by atoms with Gasteiger partial charge in [-0.2, -0.15) is 0 Å². The van der Waals surface area contributed by atoms with Crippen molar-refractivity contribution in [2.24, 2.45) is 0 Å². The third kappa shape index (κ3) is 6.27. The van der Waals surface area contributed by atoms with Crippen LogP contribution in [0, 0.1) is 6.92 Å². The summed E-state index contributed by atoms with van der Waals surface area (Å²) >= 11 is 3.25. The van der Waals surface area contributed by atoms with Gasteiger partial charge in [0.05, 0.1) is 15.1 Å². The summed E-state index contributed by atoms with van der Waals surface area (Å²) in [5.74, 6) is -0.259. The fraction of sp³-hybridized carbons (Fsp3) is 0.143. The number of rotatable bonds is 8. The first-order chi connectivity index (χ1) is 21.8. The van der Waals surface area contributed by atoms with E-state index in [-0.39, 0.29) is 10.8 Å². The first kappa shape index (κ1) is 29.4. The Morgan fingerprint density at radius 1 is 0.889 bits per heavy atom. The number of hydrogen-bond donors (Lipinski definition) is 2. The van der Waals surface area contributed by atoms with E-state index >= 15 is 0 Å². The molecular weight excluding hydrogens is 621 g/mol. The molecule has 226 valence electrons. The molecule has 2 aromatic heterocycles. The van der Waals surface area contributed by atoms with Gasteiger partial charge in [0.25, 0.3) is 15.9 Å². The lowest BCUT2D eigenvalue weighted by atomic mass is 10.0. The Kier molecular flexibility index (Phi) is 7.97. The summed E-state index contributed by atoms with van der Waals surface area (Å²) in [4.78, 5) is 22.4. The van der Waals surface area contributed by atoms with Crippen molar-refractivity contribution in [3.05, 3.63) is 130 Å². The number of aromatic nitrogens is 1. The minimum atomic E-state index is -3.74. The second-order valence-corrected chi connectivity index (χ2v) is 14.9. The van der Waals surface area contributed by atoms with Gasteiger partial charge in [-0.15, -0.1) is 22.7 Å². The molecule has 0 saturated heterocycles. The molecule has 1 aliphatic rings. The zero-order chi connectivity index (χ0) is 31.0. The minimum Gasteiger partial charge on any atom is -0.313 e. The van der Waals surface area contributed by atoms with E-state index in [2.05, 4.69) is 45.3 Å². The van der Waals surface area contributed by atoms with E-state index in [4.69, 9.17) is 4.98 Å². The molecule has 0 saturated carbocycles. The van der Waals surface area contributed by atoms with Gasteiger partial charge in [-0.1, -0.05) is 60.2 Å². The molecule has 1 amide bonds. The number of hydrogen-bond acceptors (Lipinski definition) is 7. The smallest absolute Gasteiger partial charge is 0.261 e. The predicted octanol–water partition coefficient (Wildman–Crippen LogP) is 7.94. The molecule has 4 aromatic carbocycles. The Balaban J connectivity index is 1.15. The van der Waals surface area contributed by atoms with Crippen LogP contribution in [0.3, 0.4) is 0 Å². The predicted molar refractivity (Wildman–Crippen MR) is 184 cm³/mol. The number of sulfonamides is 1. The standard InChI is InChI=1S/C35H30N4O3S3/c1-23-11-17-27(18-12-23)45(41,42)38-26-15-13-25(14-16-26)33(40)37-35-32(34-36-29-9-5-6-10-30(29)43-34)28-19-20-39(22-31(28)44-35)21-24-7-3-2-4-8-24/h2-18,38H,19-22H2,1H3,(H,37,40). The summed E-state index contributed by atoms with van der Waals surface area (Å²) in [7, 11) is -3.74. The molecular formula is C35H30N4O3S3. The van der Waals surface area contributed by atoms with Gasteiger partial charge < -0.3 is 5.32 Å². The molecule has 0 fully saturated rings. The van der Waals surface area contributed by atoms with Crippen molar-refractivity contribution in [1.82, 2.24) is 9.88 Å². The number of nitrogens with one attached hydrogen (secondary N) is 2. The van der Waals surface area contributed by atoms with Crippen LogP contribution in [0.15, 0.2) is 108 Å². The van der Waals surface area contributed by atoms with Crippen LogP contribution in [0.2, 0.25) is 0 Å². The molecule has 2 N–H and O–H groups in total. The minimum absolute atomic E-state index is 0.182. The van der Waals surface area contributed by atoms with E-state index in [1.165, 1.54) is 16.0 Å². The first-order valence-corrected chi connectivity index (χ1v) is 17.7. The molecule has 45 heavy (non-hydrogen) atoms. The largest absolute Gasteiger partial charge is 0.313 e. The van der Waals surface area contributed by atoms with Gasteiger partial charge in [-0.25, -0.2) is 13.4 Å². The maximum atomic E-state index is 13.6. The number of thiophene rings is 1. The molecule has 0 spiro atoms. The van der Waals surface area contributed by atoms with Crippen molar-refractivity contribution in [1.29, 1.82) is 0 Å². The number of carbonyl (C=O) groups is 1. The monoisotopic (exact) mass is 650 g/mol. The Hall–Kier alpha value is -4.35. The van der Waals surface area contributed by atoms with Crippen LogP contribution in [-0.4, -0.2) is 30.8 Å². The normalized spacial score (nSPS) is 13.4. The average molecular weight is 651 g/mol. The van der Waals surface area contributed by atoms with Gasteiger partial charge in [0.2, 0.25) is 0 Å². The van der Waals surface area contributed by atoms with E-state index < -0.39 is 10.0 Å². The van der Waals surface area contributed by atoms with Crippen LogP contribution in [0.25, 0.3) is 20.8 Å². The third-order valence-electron chi connectivity index (χ3n) is 7.85. The van der Waals surface area contributed by atoms with E-state index in [0.717, 1.165) is 57.4 Å². The van der Waals surface area contributed by atoms with E-state index in [0.29, 0.717) is 11.3 Å². The van der Waals surface area contributed by atoms with Crippen LogP contribution in [0.1, 0.15) is 31.9 Å². The first-order valence-electron chi connectivity index (χ1n) is 14.6. The second-order valence-electron chi connectivity index (χ2n) is 11.1. The SMILES string of the molecule is Cc1ccc(S(=O)(=O)Nc2ccc(C(=O)Nc3sc4c(c3-c3nc5ccccc5s3)CCN(Cc3ccccc3)C4)cc2)cc1. The summed E-state index contributed by atoms with van der Waals surface area (Å²) in [5, 5.41) is 4.87. The number of fused-ring (bicyclic) bond motifs is 2. The Labute approximate surface area is 270 Å². The number of anilines is 2. The van der Waals surface area contributed by atoms with E-state index in [9.17, 15) is 13.2 Å². The summed E-state index contributed by atoms with van der Waals surface area (Å²) < 4.78 is 29.4. The molecule has 7 rings (SSSR count). The maximum Gasteiger partial charge on any atom is 0.261 e. The number of benzene rings is 4. The molecule has 0 unspecified atom stereocenters. The van der Waals surface area contributed by atoms with Gasteiger partial charge in [0, 0.05) is 41.3 Å². The zero-order valence-corrected chi connectivity index (χ0v) is 26.9. The maximum absolute atomic E-state index is 13.6. The van der Waals surface area contributed by atoms with Crippen molar-refractivity contribution in [2.75, 3.05) is 16.6 Å². The van der Waals surface area contributed by atoms with Gasteiger partial charge >= 0.3 is 0 Å². The van der Waals surface area contributed by atoms with Crippen LogP contribution >= 0.6 is 22.7 Å².